The van der Waals surface area contributed by atoms with Gasteiger partial charge >= 0.3 is 7.44 Å². The Hall–Kier alpha value is -7.60. The van der Waals surface area contributed by atoms with E-state index in [4.69, 9.17) is 15.0 Å². The van der Waals surface area contributed by atoms with E-state index in [0.717, 1.165) is 67.1 Å². The molecular weight excluding hydrogens is 744 g/mol. The Morgan fingerprint density at radius 2 is 0.814 bits per heavy atom. The first-order chi connectivity index (χ1) is 29.1. The Labute approximate surface area is 341 Å². The second-order valence-electron chi connectivity index (χ2n) is 14.5. The maximum absolute atomic E-state index is 16.9. The summed E-state index contributed by atoms with van der Waals surface area (Å²) in [5.41, 5.74) is 10.3. The molecule has 0 amide bonds. The molecule has 10 aromatic rings. The summed E-state index contributed by atoms with van der Waals surface area (Å²) in [6.45, 7) is 0. The molecule has 1 atom stereocenters. The highest BCUT2D eigenvalue weighted by atomic mass is 31.2. The summed E-state index contributed by atoms with van der Waals surface area (Å²) in [5, 5.41) is 2.34. The predicted molar refractivity (Wildman–Crippen MR) is 241 cm³/mol. The van der Waals surface area contributed by atoms with Crippen LogP contribution in [0.2, 0.25) is 0 Å². The number of anilines is 4. The van der Waals surface area contributed by atoms with Gasteiger partial charge in [0.25, 0.3) is 0 Å². The Morgan fingerprint density at radius 3 is 1.41 bits per heavy atom. The van der Waals surface area contributed by atoms with Crippen LogP contribution >= 0.6 is 7.44 Å². The first-order valence-electron chi connectivity index (χ1n) is 19.6. The first kappa shape index (κ1) is 34.6. The van der Waals surface area contributed by atoms with E-state index in [0.29, 0.717) is 11.6 Å². The number of nitrogens with zero attached hydrogens (tertiary/aromatic N) is 6. The molecule has 0 aliphatic carbocycles. The lowest BCUT2D eigenvalue weighted by Gasteiger charge is -2.31. The summed E-state index contributed by atoms with van der Waals surface area (Å²) in [7, 11) is -3.98. The monoisotopic (exact) mass is 778 g/mol. The summed E-state index contributed by atoms with van der Waals surface area (Å²) in [6, 6.07) is 71.6. The van der Waals surface area contributed by atoms with Crippen molar-refractivity contribution in [1.29, 1.82) is 0 Å². The molecule has 7 nitrogen and oxygen atoms in total. The minimum atomic E-state index is -3.98. The second-order valence-corrected chi connectivity index (χ2v) is 16.8. The zero-order chi connectivity index (χ0) is 39.3. The summed E-state index contributed by atoms with van der Waals surface area (Å²) in [4.78, 5) is 15.2. The quantitative estimate of drug-likeness (QED) is 0.150. The van der Waals surface area contributed by atoms with E-state index in [-0.39, 0.29) is 5.57 Å². The van der Waals surface area contributed by atoms with E-state index in [9.17, 15) is 0 Å². The van der Waals surface area contributed by atoms with Gasteiger partial charge in [0.2, 0.25) is 5.57 Å². The lowest BCUT2D eigenvalue weighted by molar-refractivity contribution is 0.581. The minimum Gasteiger partial charge on any atom is -0.309 e. The van der Waals surface area contributed by atoms with Crippen LogP contribution in [0, 0.1) is 0 Å². The molecule has 8 aromatic carbocycles. The van der Waals surface area contributed by atoms with Crippen LogP contribution in [0.15, 0.2) is 212 Å². The molecule has 0 N–H and O–H groups in total. The maximum Gasteiger partial charge on any atom is 0.338 e. The molecule has 0 fully saturated rings. The summed E-state index contributed by atoms with van der Waals surface area (Å²) >= 11 is 0. The van der Waals surface area contributed by atoms with Gasteiger partial charge in [-0.3, -0.25) is 13.9 Å². The summed E-state index contributed by atoms with van der Waals surface area (Å²) < 4.78 is 23.1. The molecular formula is C51H35N6OP. The molecule has 1 aliphatic heterocycles. The molecule has 1 unspecified atom stereocenters. The summed E-state index contributed by atoms with van der Waals surface area (Å²) in [5.74, 6) is 0.899. The van der Waals surface area contributed by atoms with Crippen molar-refractivity contribution in [2.24, 2.45) is 0 Å². The van der Waals surface area contributed by atoms with Crippen LogP contribution < -0.4 is 14.9 Å². The van der Waals surface area contributed by atoms with Crippen molar-refractivity contribution in [2.75, 3.05) is 9.34 Å². The normalized spacial score (nSPS) is 14.8. The van der Waals surface area contributed by atoms with Crippen LogP contribution in [-0.4, -0.2) is 19.5 Å². The van der Waals surface area contributed by atoms with Gasteiger partial charge in [-0.25, -0.2) is 15.0 Å². The van der Waals surface area contributed by atoms with E-state index in [1.165, 1.54) is 5.39 Å². The van der Waals surface area contributed by atoms with Gasteiger partial charge in [-0.05, 0) is 77.9 Å². The van der Waals surface area contributed by atoms with Crippen LogP contribution in [0.4, 0.5) is 22.7 Å². The molecule has 8 heteroatoms. The Morgan fingerprint density at radius 1 is 0.356 bits per heavy atom. The minimum absolute atomic E-state index is 0.186. The van der Waals surface area contributed by atoms with Crippen molar-refractivity contribution in [3.63, 3.8) is 0 Å². The number of hydrogen-bond acceptors (Lipinski definition) is 4. The zero-order valence-electron chi connectivity index (χ0n) is 31.7. The van der Waals surface area contributed by atoms with E-state index < -0.39 is 7.44 Å². The van der Waals surface area contributed by atoms with E-state index >= 15 is 4.57 Å². The fourth-order valence-electron chi connectivity index (χ4n) is 8.28. The van der Waals surface area contributed by atoms with Crippen LogP contribution in [0.5, 0.6) is 0 Å². The molecule has 2 aromatic heterocycles. The lowest BCUT2D eigenvalue weighted by atomic mass is 10.0. The molecule has 0 spiro atoms. The number of fused-ring (bicyclic) bond motifs is 4. The molecule has 0 saturated heterocycles. The fourth-order valence-corrected chi connectivity index (χ4v) is 11.1. The third-order valence-corrected chi connectivity index (χ3v) is 13.6. The van der Waals surface area contributed by atoms with Gasteiger partial charge in [0.05, 0.1) is 22.4 Å². The number of hydrogen-bond donors (Lipinski definition) is 0. The smallest absolute Gasteiger partial charge is 0.309 e. The van der Waals surface area contributed by atoms with Gasteiger partial charge in [-0.1, -0.05) is 146 Å². The standard InChI is InChI=1S/C51H35N6OP/c58-59(51-53-49(36-18-6-1-7-19-36)52-50(54-51)37-20-8-2-9-21-37)56(41-24-12-4-13-25-41)47-33-31-39(35-48(47)57(59)42-26-14-5-15-27-42)38-30-32-46-44(34-38)43-28-16-17-29-45(43)55(46)40-22-10-3-11-23-40/h1-35H. The van der Waals surface area contributed by atoms with Gasteiger partial charge in [-0.15, -0.1) is 0 Å². The average Bonchev–Trinajstić information content (AvgIpc) is 3.79. The topological polar surface area (TPSA) is 67.2 Å². The number of benzene rings is 8. The van der Waals surface area contributed by atoms with E-state index in [1.54, 1.807) is 0 Å². The molecule has 280 valence electrons. The number of para-hydroxylation sites is 4. The molecule has 0 saturated carbocycles. The fraction of sp³-hybridized carbons (Fsp3) is 0. The van der Waals surface area contributed by atoms with Crippen LogP contribution in [0.25, 0.3) is 61.4 Å². The van der Waals surface area contributed by atoms with Crippen LogP contribution in [-0.2, 0) is 4.57 Å². The first-order valence-corrected chi connectivity index (χ1v) is 21.2. The van der Waals surface area contributed by atoms with Gasteiger partial charge in [0, 0.05) is 39.0 Å². The highest BCUT2D eigenvalue weighted by molar-refractivity contribution is 7.75. The maximum atomic E-state index is 16.9. The molecule has 1 aliphatic rings. The number of rotatable bonds is 7. The lowest BCUT2D eigenvalue weighted by Crippen LogP contribution is -2.31. The molecule has 0 bridgehead atoms. The molecule has 11 rings (SSSR count). The Bertz CT molecular complexity index is 3140. The number of aromatic nitrogens is 4. The predicted octanol–water partition coefficient (Wildman–Crippen LogP) is 12.8. The average molecular weight is 779 g/mol. The molecule has 0 radical (unpaired) electrons. The van der Waals surface area contributed by atoms with Crippen molar-refractivity contribution in [3.8, 4) is 39.6 Å². The molecule has 3 heterocycles. The zero-order valence-corrected chi connectivity index (χ0v) is 32.6. The van der Waals surface area contributed by atoms with Crippen molar-refractivity contribution in [2.45, 2.75) is 0 Å². The third-order valence-electron chi connectivity index (χ3n) is 10.9. The van der Waals surface area contributed by atoms with Gasteiger partial charge in [0.15, 0.2) is 11.6 Å². The SMILES string of the molecule is O=P1(c2nc(-c3ccccc3)nc(-c3ccccc3)n2)N(c2ccccc2)c2ccc(-c3ccc4c(c3)c3ccccc3n4-c3ccccc3)cc2N1c1ccccc1. The van der Waals surface area contributed by atoms with Gasteiger partial charge in [0.1, 0.15) is 0 Å². The highest BCUT2D eigenvalue weighted by Gasteiger charge is 2.52. The summed E-state index contributed by atoms with van der Waals surface area (Å²) in [6.07, 6.45) is 0. The second kappa shape index (κ2) is 14.1. The Balaban J connectivity index is 1.15. The van der Waals surface area contributed by atoms with Crippen LogP contribution in [0.3, 0.4) is 0 Å². The van der Waals surface area contributed by atoms with Gasteiger partial charge < -0.3 is 4.57 Å². The molecule has 59 heavy (non-hydrogen) atoms. The third kappa shape index (κ3) is 5.74. The van der Waals surface area contributed by atoms with Gasteiger partial charge in [-0.2, -0.15) is 0 Å². The van der Waals surface area contributed by atoms with E-state index in [1.807, 2.05) is 137 Å². The highest BCUT2D eigenvalue weighted by Crippen LogP contribution is 2.70. The van der Waals surface area contributed by atoms with Crippen molar-refractivity contribution in [1.82, 2.24) is 19.5 Å². The Kier molecular flexibility index (Phi) is 8.28. The largest absolute Gasteiger partial charge is 0.338 e. The van der Waals surface area contributed by atoms with Crippen molar-refractivity contribution >= 4 is 57.6 Å². The van der Waals surface area contributed by atoms with Crippen molar-refractivity contribution < 1.29 is 4.57 Å². The van der Waals surface area contributed by atoms with E-state index in [2.05, 4.69) is 89.5 Å². The van der Waals surface area contributed by atoms with Crippen molar-refractivity contribution in [3.05, 3.63) is 212 Å². The van der Waals surface area contributed by atoms with Crippen LogP contribution in [0.1, 0.15) is 0 Å².